The van der Waals surface area contributed by atoms with E-state index in [1.807, 2.05) is 0 Å². The molecule has 18 heavy (non-hydrogen) atoms. The Morgan fingerprint density at radius 3 is 2.22 bits per heavy atom. The Hall–Kier alpha value is -1.19. The number of nitrogens with two attached hydrogens (primary N) is 1. The van der Waals surface area contributed by atoms with E-state index in [9.17, 15) is 0 Å². The van der Waals surface area contributed by atoms with Gasteiger partial charge in [0.1, 0.15) is 5.01 Å². The fraction of sp³-hybridized carbons (Fsp3) is 0.400. The van der Waals surface area contributed by atoms with Crippen LogP contribution in [0.4, 0.5) is 0 Å². The Morgan fingerprint density at radius 2 is 1.78 bits per heavy atom. The van der Waals surface area contributed by atoms with Gasteiger partial charge >= 0.3 is 0 Å². The molecule has 2 N–H and O–H groups in total. The lowest BCUT2D eigenvalue weighted by molar-refractivity contribution is 0.567. The van der Waals surface area contributed by atoms with Gasteiger partial charge in [-0.25, -0.2) is 4.98 Å². The van der Waals surface area contributed by atoms with E-state index in [0.29, 0.717) is 6.54 Å². The fourth-order valence-electron chi connectivity index (χ4n) is 1.90. The zero-order chi connectivity index (χ0) is 13.3. The van der Waals surface area contributed by atoms with Crippen LogP contribution >= 0.6 is 11.3 Å². The molecule has 0 spiro atoms. The molecular weight excluding hydrogens is 240 g/mol. The molecule has 2 rings (SSSR count). The topological polar surface area (TPSA) is 38.9 Å². The molecule has 0 aliphatic rings. The average molecular weight is 260 g/mol. The largest absolute Gasteiger partial charge is 0.326 e. The van der Waals surface area contributed by atoms with Crippen LogP contribution < -0.4 is 5.73 Å². The molecule has 0 saturated carbocycles. The molecule has 2 nitrogen and oxygen atoms in total. The molecule has 0 unspecified atom stereocenters. The number of nitrogens with zero attached hydrogens (tertiary/aromatic N) is 1. The number of hydrogen-bond donors (Lipinski definition) is 1. The molecular formula is C15H20N2S. The minimum absolute atomic E-state index is 0.0498. The summed E-state index contributed by atoms with van der Waals surface area (Å²) in [6.07, 6.45) is 0. The molecule has 0 amide bonds. The summed E-state index contributed by atoms with van der Waals surface area (Å²) < 4.78 is 0. The predicted molar refractivity (Wildman–Crippen MR) is 78.9 cm³/mol. The summed E-state index contributed by atoms with van der Waals surface area (Å²) in [5.41, 5.74) is 9.46. The maximum atomic E-state index is 5.83. The van der Waals surface area contributed by atoms with Crippen molar-refractivity contribution in [1.82, 2.24) is 4.98 Å². The van der Waals surface area contributed by atoms with E-state index >= 15 is 0 Å². The lowest BCUT2D eigenvalue weighted by Crippen LogP contribution is -2.15. The predicted octanol–water partition coefficient (Wildman–Crippen LogP) is 3.87. The molecule has 0 aliphatic carbocycles. The molecule has 0 fully saturated rings. The van der Waals surface area contributed by atoms with Crippen molar-refractivity contribution < 1.29 is 0 Å². The Labute approximate surface area is 113 Å². The number of benzene rings is 1. The van der Waals surface area contributed by atoms with Crippen molar-refractivity contribution in [3.63, 3.8) is 0 Å². The van der Waals surface area contributed by atoms with E-state index in [1.54, 1.807) is 11.3 Å². The highest BCUT2D eigenvalue weighted by atomic mass is 32.1. The highest BCUT2D eigenvalue weighted by Crippen LogP contribution is 2.34. The molecule has 0 bridgehead atoms. The molecule has 3 heteroatoms. The maximum absolute atomic E-state index is 5.83. The molecule has 0 radical (unpaired) electrons. The molecule has 1 aromatic heterocycles. The third-order valence-corrected chi connectivity index (χ3v) is 4.02. The van der Waals surface area contributed by atoms with Crippen LogP contribution in [0.1, 0.15) is 36.9 Å². The van der Waals surface area contributed by atoms with E-state index in [4.69, 9.17) is 10.7 Å². The van der Waals surface area contributed by atoms with Crippen molar-refractivity contribution in [3.05, 3.63) is 40.4 Å². The van der Waals surface area contributed by atoms with E-state index in [1.165, 1.54) is 16.0 Å². The van der Waals surface area contributed by atoms with Gasteiger partial charge in [0.25, 0.3) is 0 Å². The second-order valence-electron chi connectivity index (χ2n) is 5.61. The first kappa shape index (κ1) is 13.2. The highest BCUT2D eigenvalue weighted by Gasteiger charge is 2.22. The van der Waals surface area contributed by atoms with E-state index in [2.05, 4.69) is 52.0 Å². The Kier molecular flexibility index (Phi) is 3.55. The third kappa shape index (κ3) is 2.62. The Morgan fingerprint density at radius 1 is 1.17 bits per heavy atom. The second-order valence-corrected chi connectivity index (χ2v) is 6.69. The molecule has 96 valence electrons. The van der Waals surface area contributed by atoms with Gasteiger partial charge in [-0.2, -0.15) is 0 Å². The van der Waals surface area contributed by atoms with Gasteiger partial charge < -0.3 is 5.73 Å². The lowest BCUT2D eigenvalue weighted by atomic mass is 9.91. The molecule has 2 aromatic rings. The first-order valence-corrected chi connectivity index (χ1v) is 7.01. The smallest absolute Gasteiger partial charge is 0.123 e. The summed E-state index contributed by atoms with van der Waals surface area (Å²) in [6, 6.07) is 8.49. The quantitative estimate of drug-likeness (QED) is 0.890. The van der Waals surface area contributed by atoms with Crippen LogP contribution in [0.25, 0.3) is 10.6 Å². The Balaban J connectivity index is 2.47. The monoisotopic (exact) mass is 260 g/mol. The number of aromatic nitrogens is 1. The van der Waals surface area contributed by atoms with Gasteiger partial charge in [0.2, 0.25) is 0 Å². The third-order valence-electron chi connectivity index (χ3n) is 2.89. The zero-order valence-corrected chi connectivity index (χ0v) is 12.3. The SMILES string of the molecule is Cc1ccc(-c2nc(C(C)(C)C)c(CN)s2)cc1. The number of aryl methyl sites for hydroxylation is 1. The van der Waals surface area contributed by atoms with Crippen molar-refractivity contribution in [2.45, 2.75) is 39.7 Å². The molecule has 1 aromatic carbocycles. The summed E-state index contributed by atoms with van der Waals surface area (Å²) in [7, 11) is 0. The van der Waals surface area contributed by atoms with Crippen LogP contribution in [-0.4, -0.2) is 4.98 Å². The van der Waals surface area contributed by atoms with Crippen LogP contribution in [0.15, 0.2) is 24.3 Å². The van der Waals surface area contributed by atoms with E-state index in [-0.39, 0.29) is 5.41 Å². The van der Waals surface area contributed by atoms with Crippen molar-refractivity contribution in [2.75, 3.05) is 0 Å². The molecule has 0 aliphatic heterocycles. The van der Waals surface area contributed by atoms with E-state index in [0.717, 1.165) is 10.7 Å². The minimum Gasteiger partial charge on any atom is -0.326 e. The normalized spacial score (nSPS) is 11.8. The highest BCUT2D eigenvalue weighted by molar-refractivity contribution is 7.15. The molecule has 0 atom stereocenters. The van der Waals surface area contributed by atoms with Crippen LogP contribution in [-0.2, 0) is 12.0 Å². The number of rotatable bonds is 2. The lowest BCUT2D eigenvalue weighted by Gasteiger charge is -2.16. The van der Waals surface area contributed by atoms with Crippen LogP contribution in [0, 0.1) is 6.92 Å². The van der Waals surface area contributed by atoms with Gasteiger partial charge in [-0.15, -0.1) is 11.3 Å². The van der Waals surface area contributed by atoms with Gasteiger partial charge in [0.15, 0.2) is 0 Å². The summed E-state index contributed by atoms with van der Waals surface area (Å²) >= 11 is 1.71. The van der Waals surface area contributed by atoms with Gasteiger partial charge in [0, 0.05) is 22.4 Å². The maximum Gasteiger partial charge on any atom is 0.123 e. The van der Waals surface area contributed by atoms with E-state index < -0.39 is 0 Å². The fourth-order valence-corrected chi connectivity index (χ4v) is 3.05. The van der Waals surface area contributed by atoms with Crippen LogP contribution in [0.2, 0.25) is 0 Å². The van der Waals surface area contributed by atoms with Crippen molar-refractivity contribution in [2.24, 2.45) is 5.73 Å². The van der Waals surface area contributed by atoms with Gasteiger partial charge in [-0.05, 0) is 6.92 Å². The Bertz CT molecular complexity index is 533. The summed E-state index contributed by atoms with van der Waals surface area (Å²) in [6.45, 7) is 9.20. The molecule has 1 heterocycles. The molecule has 0 saturated heterocycles. The summed E-state index contributed by atoms with van der Waals surface area (Å²) in [4.78, 5) is 5.98. The first-order valence-electron chi connectivity index (χ1n) is 6.19. The second kappa shape index (κ2) is 4.82. The van der Waals surface area contributed by atoms with Gasteiger partial charge in [-0.1, -0.05) is 50.6 Å². The van der Waals surface area contributed by atoms with Crippen LogP contribution in [0.3, 0.4) is 0 Å². The van der Waals surface area contributed by atoms with Crippen LogP contribution in [0.5, 0.6) is 0 Å². The standard InChI is InChI=1S/C15H20N2S/c1-10-5-7-11(8-6-10)14-17-13(15(2,3)4)12(9-16)18-14/h5-8H,9,16H2,1-4H3. The van der Waals surface area contributed by atoms with Gasteiger partial charge in [-0.3, -0.25) is 0 Å². The zero-order valence-electron chi connectivity index (χ0n) is 11.4. The van der Waals surface area contributed by atoms with Crippen molar-refractivity contribution in [1.29, 1.82) is 0 Å². The first-order chi connectivity index (χ1) is 8.41. The number of thiazole rings is 1. The minimum atomic E-state index is 0.0498. The number of hydrogen-bond acceptors (Lipinski definition) is 3. The van der Waals surface area contributed by atoms with Crippen molar-refractivity contribution >= 4 is 11.3 Å². The van der Waals surface area contributed by atoms with Gasteiger partial charge in [0.05, 0.1) is 5.69 Å². The van der Waals surface area contributed by atoms with Crippen molar-refractivity contribution in [3.8, 4) is 10.6 Å². The average Bonchev–Trinajstić information content (AvgIpc) is 2.73. The summed E-state index contributed by atoms with van der Waals surface area (Å²) in [5.74, 6) is 0. The summed E-state index contributed by atoms with van der Waals surface area (Å²) in [5, 5.41) is 1.07.